The van der Waals surface area contributed by atoms with Crippen LogP contribution in [-0.4, -0.2) is 0 Å². The first-order valence-electron chi connectivity index (χ1n) is 3.31. The molecule has 0 N–H and O–H groups in total. The molecule has 0 saturated carbocycles. The number of nitriles is 1. The SMILES string of the molecule is CCCCCC.N#[C][Fe]. The van der Waals surface area contributed by atoms with Crippen LogP contribution in [0.15, 0.2) is 0 Å². The van der Waals surface area contributed by atoms with Crippen LogP contribution in [0.25, 0.3) is 0 Å². The third-order valence-electron chi connectivity index (χ3n) is 0.957. The first-order valence-corrected chi connectivity index (χ1v) is 3.87. The molecule has 0 bridgehead atoms. The van der Waals surface area contributed by atoms with Gasteiger partial charge in [-0.25, -0.2) is 0 Å². The maximum absolute atomic E-state index is 7.21. The van der Waals surface area contributed by atoms with Crippen LogP contribution in [0.3, 0.4) is 0 Å². The van der Waals surface area contributed by atoms with Crippen molar-refractivity contribution >= 4 is 0 Å². The minimum atomic E-state index is 1.36. The van der Waals surface area contributed by atoms with E-state index in [2.05, 4.69) is 29.9 Å². The molecular formula is C7H14FeN. The van der Waals surface area contributed by atoms with Crippen molar-refractivity contribution < 1.29 is 16.0 Å². The van der Waals surface area contributed by atoms with Crippen LogP contribution in [0.1, 0.15) is 39.5 Å². The fourth-order valence-electron chi connectivity index (χ4n) is 0.500. The van der Waals surface area contributed by atoms with Gasteiger partial charge in [-0.15, -0.1) is 0 Å². The Morgan fingerprint density at radius 3 is 1.56 bits per heavy atom. The van der Waals surface area contributed by atoms with Gasteiger partial charge in [-0.05, 0) is 0 Å². The molecule has 55 valence electrons. The Bertz CT molecular complexity index is 61.8. The molecule has 0 unspecified atom stereocenters. The molecular weight excluding hydrogens is 154 g/mol. The van der Waals surface area contributed by atoms with E-state index >= 15 is 0 Å². The normalized spacial score (nSPS) is 6.89. The molecule has 0 spiro atoms. The van der Waals surface area contributed by atoms with E-state index in [1.807, 2.05) is 0 Å². The van der Waals surface area contributed by atoms with Crippen LogP contribution in [0, 0.1) is 10.2 Å². The molecule has 0 aliphatic carbocycles. The summed E-state index contributed by atoms with van der Waals surface area (Å²) >= 11 is 2.79. The zero-order valence-corrected chi connectivity index (χ0v) is 7.23. The monoisotopic (exact) mass is 168 g/mol. The molecule has 0 aromatic heterocycles. The zero-order valence-electron chi connectivity index (χ0n) is 6.13. The van der Waals surface area contributed by atoms with E-state index in [9.17, 15) is 0 Å². The number of rotatable bonds is 3. The van der Waals surface area contributed by atoms with Gasteiger partial charge in [-0.2, -0.15) is 0 Å². The quantitative estimate of drug-likeness (QED) is 0.469. The molecule has 0 saturated heterocycles. The summed E-state index contributed by atoms with van der Waals surface area (Å²) in [5.41, 5.74) is 0. The molecule has 0 aromatic carbocycles. The van der Waals surface area contributed by atoms with Crippen LogP contribution in [-0.2, 0) is 16.0 Å². The van der Waals surface area contributed by atoms with Crippen molar-refractivity contribution in [2.45, 2.75) is 39.5 Å². The Labute approximate surface area is 66.3 Å². The summed E-state index contributed by atoms with van der Waals surface area (Å²) in [6, 6.07) is 0. The number of unbranched alkanes of at least 4 members (excludes halogenated alkanes) is 3. The Kier molecular flexibility index (Phi) is 20.5. The Hall–Kier alpha value is 0.00948. The van der Waals surface area contributed by atoms with Crippen molar-refractivity contribution in [2.24, 2.45) is 0 Å². The van der Waals surface area contributed by atoms with E-state index in [1.54, 1.807) is 0 Å². The van der Waals surface area contributed by atoms with E-state index in [0.29, 0.717) is 0 Å². The molecule has 0 aromatic rings. The van der Waals surface area contributed by atoms with Crippen molar-refractivity contribution in [1.82, 2.24) is 0 Å². The molecule has 1 nitrogen and oxygen atoms in total. The van der Waals surface area contributed by atoms with Crippen molar-refractivity contribution in [3.8, 4) is 4.97 Å². The molecule has 2 heteroatoms. The van der Waals surface area contributed by atoms with Gasteiger partial charge in [-0.3, -0.25) is 0 Å². The van der Waals surface area contributed by atoms with E-state index in [1.165, 1.54) is 30.7 Å². The van der Waals surface area contributed by atoms with E-state index < -0.39 is 0 Å². The zero-order chi connectivity index (χ0) is 7.54. The molecule has 0 heterocycles. The van der Waals surface area contributed by atoms with Crippen molar-refractivity contribution in [1.29, 1.82) is 5.26 Å². The molecule has 0 amide bonds. The number of hydrogen-bond donors (Lipinski definition) is 0. The minimum absolute atomic E-state index is 1.36. The molecule has 0 aliphatic rings. The number of hydrogen-bond acceptors (Lipinski definition) is 1. The predicted molar refractivity (Wildman–Crippen MR) is 35.4 cm³/mol. The van der Waals surface area contributed by atoms with Crippen molar-refractivity contribution in [3.63, 3.8) is 0 Å². The van der Waals surface area contributed by atoms with E-state index in [0.717, 1.165) is 0 Å². The average Bonchev–Trinajstić information content (AvgIpc) is 1.86. The van der Waals surface area contributed by atoms with Crippen molar-refractivity contribution in [3.05, 3.63) is 0 Å². The van der Waals surface area contributed by atoms with Crippen LogP contribution < -0.4 is 0 Å². The third-order valence-corrected chi connectivity index (χ3v) is 0.957. The Morgan fingerprint density at radius 2 is 1.44 bits per heavy atom. The Balaban J connectivity index is 0. The summed E-state index contributed by atoms with van der Waals surface area (Å²) < 4.78 is 0. The fourth-order valence-corrected chi connectivity index (χ4v) is 0.500. The van der Waals surface area contributed by atoms with Gasteiger partial charge in [0.15, 0.2) is 0 Å². The first kappa shape index (κ1) is 11.8. The van der Waals surface area contributed by atoms with Gasteiger partial charge in [0.2, 0.25) is 0 Å². The third kappa shape index (κ3) is 31.9. The van der Waals surface area contributed by atoms with Gasteiger partial charge < -0.3 is 0 Å². The standard InChI is InChI=1S/C6H14.CN.Fe/c1-3-5-6-4-2;1-2;/h3-6H2,1-2H3;;. The van der Waals surface area contributed by atoms with Gasteiger partial charge in [0.05, 0.1) is 0 Å². The maximum atomic E-state index is 7.21. The van der Waals surface area contributed by atoms with Gasteiger partial charge >= 0.3 is 26.2 Å². The molecule has 0 radical (unpaired) electrons. The summed E-state index contributed by atoms with van der Waals surface area (Å²) in [4.78, 5) is 1.50. The van der Waals surface area contributed by atoms with E-state index in [4.69, 9.17) is 5.26 Å². The summed E-state index contributed by atoms with van der Waals surface area (Å²) in [7, 11) is 0. The molecule has 0 rings (SSSR count). The molecule has 0 aliphatic heterocycles. The van der Waals surface area contributed by atoms with Gasteiger partial charge in [-0.1, -0.05) is 39.5 Å². The predicted octanol–water partition coefficient (Wildman–Crippen LogP) is 2.60. The van der Waals surface area contributed by atoms with E-state index in [-0.39, 0.29) is 0 Å². The first-order chi connectivity index (χ1) is 4.33. The Morgan fingerprint density at radius 1 is 1.22 bits per heavy atom. The van der Waals surface area contributed by atoms with Crippen LogP contribution in [0.5, 0.6) is 0 Å². The van der Waals surface area contributed by atoms with Gasteiger partial charge in [0.1, 0.15) is 0 Å². The van der Waals surface area contributed by atoms with Gasteiger partial charge in [0, 0.05) is 0 Å². The summed E-state index contributed by atoms with van der Waals surface area (Å²) in [6.45, 7) is 4.46. The van der Waals surface area contributed by atoms with Crippen molar-refractivity contribution in [2.75, 3.05) is 0 Å². The molecule has 0 fully saturated rings. The average molecular weight is 168 g/mol. The summed E-state index contributed by atoms with van der Waals surface area (Å²) in [6.07, 6.45) is 5.54. The van der Waals surface area contributed by atoms with Gasteiger partial charge in [0.25, 0.3) is 0 Å². The molecule has 9 heavy (non-hydrogen) atoms. The van der Waals surface area contributed by atoms with Crippen LogP contribution >= 0.6 is 0 Å². The second-order valence-corrected chi connectivity index (χ2v) is 2.03. The van der Waals surface area contributed by atoms with Crippen LogP contribution in [0.4, 0.5) is 0 Å². The topological polar surface area (TPSA) is 23.8 Å². The number of nitrogens with zero attached hydrogens (tertiary/aromatic N) is 1. The summed E-state index contributed by atoms with van der Waals surface area (Å²) in [5, 5.41) is 7.21. The molecule has 0 atom stereocenters. The second-order valence-electron chi connectivity index (χ2n) is 1.79. The fraction of sp³-hybridized carbons (Fsp3) is 0.857. The summed E-state index contributed by atoms with van der Waals surface area (Å²) in [5.74, 6) is 0. The van der Waals surface area contributed by atoms with Crippen LogP contribution in [0.2, 0.25) is 0 Å². The second kappa shape index (κ2) is 15.7.